The number of ether oxygens (including phenoxy) is 1. The molecule has 0 spiro atoms. The van der Waals surface area contributed by atoms with E-state index in [0.717, 1.165) is 5.56 Å². The molecule has 0 saturated heterocycles. The van der Waals surface area contributed by atoms with Crippen LogP contribution in [0.4, 0.5) is 8.78 Å². The van der Waals surface area contributed by atoms with Crippen LogP contribution in [-0.2, 0) is 16.1 Å². The second-order valence-electron chi connectivity index (χ2n) is 6.69. The first kappa shape index (κ1) is 20.9. The topological polar surface area (TPSA) is 67.4 Å². The van der Waals surface area contributed by atoms with Crippen molar-refractivity contribution >= 4 is 11.8 Å². The van der Waals surface area contributed by atoms with E-state index in [1.165, 1.54) is 0 Å². The summed E-state index contributed by atoms with van der Waals surface area (Å²) in [5.74, 6) is -0.407. The zero-order valence-electron chi connectivity index (χ0n) is 15.3. The van der Waals surface area contributed by atoms with Crippen LogP contribution in [0.25, 0.3) is 0 Å². The Morgan fingerprint density at radius 1 is 1.24 bits per heavy atom. The molecule has 1 rings (SSSR count). The van der Waals surface area contributed by atoms with E-state index < -0.39 is 18.6 Å². The van der Waals surface area contributed by atoms with Gasteiger partial charge in [0, 0.05) is 12.5 Å². The Hall–Kier alpha value is -2.18. The van der Waals surface area contributed by atoms with Crippen molar-refractivity contribution in [1.82, 2.24) is 10.6 Å². The molecule has 0 saturated carbocycles. The molecule has 0 unspecified atom stereocenters. The van der Waals surface area contributed by atoms with Crippen LogP contribution in [0.15, 0.2) is 18.2 Å². The molecule has 0 bridgehead atoms. The zero-order valence-corrected chi connectivity index (χ0v) is 15.3. The third-order valence-corrected chi connectivity index (χ3v) is 3.73. The molecule has 0 radical (unpaired) electrons. The molecule has 140 valence electrons. The van der Waals surface area contributed by atoms with Gasteiger partial charge in [-0.3, -0.25) is 9.59 Å². The van der Waals surface area contributed by atoms with Crippen molar-refractivity contribution in [3.63, 3.8) is 0 Å². The van der Waals surface area contributed by atoms with Crippen LogP contribution in [0.1, 0.15) is 38.8 Å². The Morgan fingerprint density at radius 3 is 2.44 bits per heavy atom. The monoisotopic (exact) mass is 356 g/mol. The Kier molecular flexibility index (Phi) is 7.33. The molecule has 0 fully saturated rings. The number of hydrogen-bond donors (Lipinski definition) is 2. The SMILES string of the molecule is Cc1c(CNC(=O)C(C)(C)NC(=O)C(C)C)cccc1OCC(F)F. The molecule has 1 aromatic carbocycles. The summed E-state index contributed by atoms with van der Waals surface area (Å²) in [7, 11) is 0. The molecule has 2 N–H and O–H groups in total. The summed E-state index contributed by atoms with van der Waals surface area (Å²) < 4.78 is 29.6. The van der Waals surface area contributed by atoms with Gasteiger partial charge in [0.05, 0.1) is 0 Å². The molecule has 25 heavy (non-hydrogen) atoms. The predicted molar refractivity (Wildman–Crippen MR) is 91.6 cm³/mol. The average Bonchev–Trinajstić information content (AvgIpc) is 2.51. The lowest BCUT2D eigenvalue weighted by molar-refractivity contribution is -0.133. The lowest BCUT2D eigenvalue weighted by Crippen LogP contribution is -2.55. The van der Waals surface area contributed by atoms with Crippen molar-refractivity contribution in [2.75, 3.05) is 6.61 Å². The number of halogens is 2. The second-order valence-corrected chi connectivity index (χ2v) is 6.69. The van der Waals surface area contributed by atoms with Gasteiger partial charge in [-0.05, 0) is 38.0 Å². The molecule has 2 amide bonds. The molecular weight excluding hydrogens is 330 g/mol. The van der Waals surface area contributed by atoms with Gasteiger partial charge in [0.25, 0.3) is 6.43 Å². The standard InChI is InChI=1S/C18H26F2N2O3/c1-11(2)16(23)22-18(4,5)17(24)21-9-13-7-6-8-14(12(13)3)25-10-15(19)20/h6-8,11,15H,9-10H2,1-5H3,(H,21,24)(H,22,23). The molecule has 0 aliphatic heterocycles. The minimum absolute atomic E-state index is 0.206. The zero-order chi connectivity index (χ0) is 19.2. The van der Waals surface area contributed by atoms with Gasteiger partial charge in [0.15, 0.2) is 0 Å². The molecular formula is C18H26F2N2O3. The van der Waals surface area contributed by atoms with Gasteiger partial charge >= 0.3 is 0 Å². The third kappa shape index (κ3) is 6.32. The molecule has 5 nitrogen and oxygen atoms in total. The highest BCUT2D eigenvalue weighted by atomic mass is 19.3. The number of carbonyl (C=O) groups excluding carboxylic acids is 2. The van der Waals surface area contributed by atoms with Gasteiger partial charge in [0.2, 0.25) is 11.8 Å². The molecule has 0 aliphatic carbocycles. The van der Waals surface area contributed by atoms with Crippen LogP contribution in [0, 0.1) is 12.8 Å². The quantitative estimate of drug-likeness (QED) is 0.753. The van der Waals surface area contributed by atoms with Crippen molar-refractivity contribution in [2.45, 2.75) is 53.1 Å². The Labute approximate surface area is 147 Å². The van der Waals surface area contributed by atoms with Gasteiger partial charge in [-0.15, -0.1) is 0 Å². The number of nitrogens with one attached hydrogen (secondary N) is 2. The fourth-order valence-corrected chi connectivity index (χ4v) is 2.07. The Balaban J connectivity index is 2.72. The van der Waals surface area contributed by atoms with Crippen LogP contribution in [0.3, 0.4) is 0 Å². The summed E-state index contributed by atoms with van der Waals surface area (Å²) in [5.41, 5.74) is 0.387. The number of hydrogen-bond acceptors (Lipinski definition) is 3. The van der Waals surface area contributed by atoms with Crippen molar-refractivity contribution < 1.29 is 23.1 Å². The van der Waals surface area contributed by atoms with Crippen LogP contribution >= 0.6 is 0 Å². The molecule has 0 aliphatic rings. The number of carbonyl (C=O) groups is 2. The predicted octanol–water partition coefficient (Wildman–Crippen LogP) is 2.81. The van der Waals surface area contributed by atoms with Crippen LogP contribution in [0.2, 0.25) is 0 Å². The highest BCUT2D eigenvalue weighted by molar-refractivity contribution is 5.91. The van der Waals surface area contributed by atoms with Crippen LogP contribution < -0.4 is 15.4 Å². The summed E-state index contributed by atoms with van der Waals surface area (Å²) >= 11 is 0. The maximum atomic E-state index is 12.4. The lowest BCUT2D eigenvalue weighted by atomic mass is 10.0. The summed E-state index contributed by atoms with van der Waals surface area (Å²) in [4.78, 5) is 24.1. The van der Waals surface area contributed by atoms with Gasteiger partial charge in [-0.1, -0.05) is 26.0 Å². The first-order valence-electron chi connectivity index (χ1n) is 8.14. The fourth-order valence-electron chi connectivity index (χ4n) is 2.07. The maximum absolute atomic E-state index is 12.4. The third-order valence-electron chi connectivity index (χ3n) is 3.73. The first-order valence-corrected chi connectivity index (χ1v) is 8.14. The van der Waals surface area contributed by atoms with E-state index in [2.05, 4.69) is 10.6 Å². The van der Waals surface area contributed by atoms with Crippen molar-refractivity contribution in [3.8, 4) is 5.75 Å². The smallest absolute Gasteiger partial charge is 0.272 e. The molecule has 0 heterocycles. The van der Waals surface area contributed by atoms with E-state index in [1.54, 1.807) is 52.8 Å². The summed E-state index contributed by atoms with van der Waals surface area (Å²) in [6.45, 7) is 8.01. The first-order chi connectivity index (χ1) is 11.5. The van der Waals surface area contributed by atoms with Crippen LogP contribution in [-0.4, -0.2) is 30.4 Å². The van der Waals surface area contributed by atoms with Gasteiger partial charge in [0.1, 0.15) is 17.9 Å². The number of benzene rings is 1. The largest absolute Gasteiger partial charge is 0.487 e. The highest BCUT2D eigenvalue weighted by Crippen LogP contribution is 2.22. The van der Waals surface area contributed by atoms with Crippen LogP contribution in [0.5, 0.6) is 5.75 Å². The molecule has 1 aromatic rings. The molecule has 7 heteroatoms. The average molecular weight is 356 g/mol. The normalized spacial score (nSPS) is 11.6. The minimum Gasteiger partial charge on any atom is -0.487 e. The van der Waals surface area contributed by atoms with E-state index in [9.17, 15) is 18.4 Å². The number of amides is 2. The van der Waals surface area contributed by atoms with E-state index >= 15 is 0 Å². The molecule has 0 atom stereocenters. The summed E-state index contributed by atoms with van der Waals surface area (Å²) in [6.07, 6.45) is -2.55. The Morgan fingerprint density at radius 2 is 1.88 bits per heavy atom. The maximum Gasteiger partial charge on any atom is 0.272 e. The van der Waals surface area contributed by atoms with Gasteiger partial charge in [-0.2, -0.15) is 0 Å². The van der Waals surface area contributed by atoms with E-state index in [-0.39, 0.29) is 24.3 Å². The van der Waals surface area contributed by atoms with E-state index in [1.807, 2.05) is 0 Å². The fraction of sp³-hybridized carbons (Fsp3) is 0.556. The second kappa shape index (κ2) is 8.78. The van der Waals surface area contributed by atoms with Gasteiger partial charge < -0.3 is 15.4 Å². The van der Waals surface area contributed by atoms with Crippen molar-refractivity contribution in [3.05, 3.63) is 29.3 Å². The number of rotatable bonds is 8. The van der Waals surface area contributed by atoms with Crippen molar-refractivity contribution in [2.24, 2.45) is 5.92 Å². The van der Waals surface area contributed by atoms with Crippen molar-refractivity contribution in [1.29, 1.82) is 0 Å². The number of alkyl halides is 2. The van der Waals surface area contributed by atoms with E-state index in [0.29, 0.717) is 11.3 Å². The summed E-state index contributed by atoms with van der Waals surface area (Å²) in [5, 5.41) is 5.45. The summed E-state index contributed by atoms with van der Waals surface area (Å²) in [6, 6.07) is 5.07. The lowest BCUT2D eigenvalue weighted by Gasteiger charge is -2.26. The van der Waals surface area contributed by atoms with Gasteiger partial charge in [-0.25, -0.2) is 8.78 Å². The highest BCUT2D eigenvalue weighted by Gasteiger charge is 2.30. The molecule has 0 aromatic heterocycles. The Bertz CT molecular complexity index is 616. The van der Waals surface area contributed by atoms with E-state index in [4.69, 9.17) is 4.74 Å². The minimum atomic E-state index is -2.55.